The highest BCUT2D eigenvalue weighted by Gasteiger charge is 2.15. The number of fused-ring (bicyclic) bond motifs is 1. The zero-order valence-electron chi connectivity index (χ0n) is 14.6. The summed E-state index contributed by atoms with van der Waals surface area (Å²) in [6.45, 7) is 4.62. The molecule has 3 N–H and O–H groups in total. The fraction of sp³-hybridized carbons (Fsp3) is 0.211. The first-order valence-electron chi connectivity index (χ1n) is 8.26. The Morgan fingerprint density at radius 3 is 2.54 bits per heavy atom. The van der Waals surface area contributed by atoms with Gasteiger partial charge in [0.1, 0.15) is 5.75 Å². The van der Waals surface area contributed by atoms with Gasteiger partial charge in [0.15, 0.2) is 0 Å². The predicted molar refractivity (Wildman–Crippen MR) is 99.0 cm³/mol. The van der Waals surface area contributed by atoms with Crippen molar-refractivity contribution in [3.63, 3.8) is 0 Å². The van der Waals surface area contributed by atoms with E-state index in [-0.39, 0.29) is 5.75 Å². The highest BCUT2D eigenvalue weighted by molar-refractivity contribution is 6.40. The number of carbonyl (C=O) groups excluding carboxylic acids is 2. The van der Waals surface area contributed by atoms with Gasteiger partial charge in [-0.3, -0.25) is 14.3 Å². The Bertz CT molecular complexity index is 978. The maximum absolute atomic E-state index is 12.1. The maximum atomic E-state index is 12.1. The van der Waals surface area contributed by atoms with Gasteiger partial charge in [0.05, 0.1) is 12.2 Å². The van der Waals surface area contributed by atoms with Crippen LogP contribution in [-0.4, -0.2) is 33.2 Å². The average Bonchev–Trinajstić information content (AvgIpc) is 2.93. The van der Waals surface area contributed by atoms with E-state index in [0.717, 1.165) is 11.4 Å². The molecule has 1 heterocycles. The van der Waals surface area contributed by atoms with Gasteiger partial charge in [-0.2, -0.15) is 5.10 Å². The number of hydrogen-bond donors (Lipinski definition) is 3. The molecular weight excluding hydrogens is 332 g/mol. The number of aromatic nitrogens is 2. The van der Waals surface area contributed by atoms with E-state index in [2.05, 4.69) is 15.7 Å². The van der Waals surface area contributed by atoms with E-state index in [1.807, 2.05) is 19.9 Å². The van der Waals surface area contributed by atoms with Crippen molar-refractivity contribution in [2.24, 2.45) is 0 Å². The number of amides is 2. The van der Waals surface area contributed by atoms with Crippen LogP contribution < -0.4 is 10.6 Å². The van der Waals surface area contributed by atoms with Crippen LogP contribution in [0.3, 0.4) is 0 Å². The van der Waals surface area contributed by atoms with Gasteiger partial charge in [0.2, 0.25) is 0 Å². The molecule has 0 bridgehead atoms. The first-order valence-corrected chi connectivity index (χ1v) is 8.26. The lowest BCUT2D eigenvalue weighted by Crippen LogP contribution is -2.37. The Morgan fingerprint density at radius 1 is 1.08 bits per heavy atom. The molecule has 0 aliphatic rings. The van der Waals surface area contributed by atoms with Crippen LogP contribution in [0, 0.1) is 13.8 Å². The minimum absolute atomic E-state index is 0.118. The van der Waals surface area contributed by atoms with E-state index in [1.165, 1.54) is 0 Å². The Balaban J connectivity index is 1.62. The summed E-state index contributed by atoms with van der Waals surface area (Å²) < 4.78 is 1.78. The summed E-state index contributed by atoms with van der Waals surface area (Å²) >= 11 is 0. The Morgan fingerprint density at radius 2 is 1.81 bits per heavy atom. The molecule has 1 aromatic heterocycles. The topological polar surface area (TPSA) is 96.2 Å². The van der Waals surface area contributed by atoms with Crippen molar-refractivity contribution in [1.82, 2.24) is 15.1 Å². The highest BCUT2D eigenvalue weighted by atomic mass is 16.3. The first kappa shape index (κ1) is 17.5. The molecule has 0 saturated heterocycles. The molecule has 134 valence electrons. The number of nitrogens with zero attached hydrogens (tertiary/aromatic N) is 2. The number of anilines is 1. The van der Waals surface area contributed by atoms with Crippen LogP contribution in [0.5, 0.6) is 5.75 Å². The molecular formula is C19H20N4O3. The van der Waals surface area contributed by atoms with Crippen molar-refractivity contribution >= 4 is 28.3 Å². The third-order valence-electron chi connectivity index (χ3n) is 4.07. The molecule has 3 rings (SSSR count). The van der Waals surface area contributed by atoms with E-state index >= 15 is 0 Å². The van der Waals surface area contributed by atoms with Crippen LogP contribution in [0.2, 0.25) is 0 Å². The third kappa shape index (κ3) is 3.66. The lowest BCUT2D eigenvalue weighted by molar-refractivity contribution is -0.136. The van der Waals surface area contributed by atoms with Crippen molar-refractivity contribution < 1.29 is 14.7 Å². The number of rotatable bonds is 4. The fourth-order valence-electron chi connectivity index (χ4n) is 2.84. The summed E-state index contributed by atoms with van der Waals surface area (Å²) in [5.41, 5.74) is 2.37. The molecule has 0 atom stereocenters. The lowest BCUT2D eigenvalue weighted by Gasteiger charge is -2.10. The predicted octanol–water partition coefficient (Wildman–Crippen LogP) is 2.11. The summed E-state index contributed by atoms with van der Waals surface area (Å²) in [7, 11) is 0. The zero-order valence-corrected chi connectivity index (χ0v) is 14.6. The van der Waals surface area contributed by atoms with Gasteiger partial charge in [0.25, 0.3) is 0 Å². The van der Waals surface area contributed by atoms with Gasteiger partial charge in [-0.1, -0.05) is 24.3 Å². The van der Waals surface area contributed by atoms with Gasteiger partial charge in [-0.25, -0.2) is 0 Å². The van der Waals surface area contributed by atoms with E-state index in [4.69, 9.17) is 0 Å². The molecule has 0 aliphatic heterocycles. The smallest absolute Gasteiger partial charge is 0.313 e. The van der Waals surface area contributed by atoms with Gasteiger partial charge in [0, 0.05) is 28.7 Å². The Kier molecular flexibility index (Phi) is 4.88. The first-order chi connectivity index (χ1) is 12.5. The van der Waals surface area contributed by atoms with Crippen LogP contribution in [0.25, 0.3) is 10.8 Å². The molecule has 0 aliphatic carbocycles. The molecule has 2 amide bonds. The fourth-order valence-corrected chi connectivity index (χ4v) is 2.84. The number of aryl methyl sites for hydroxylation is 2. The number of hydrogen-bond acceptors (Lipinski definition) is 4. The third-order valence-corrected chi connectivity index (χ3v) is 4.07. The van der Waals surface area contributed by atoms with Crippen LogP contribution in [0.1, 0.15) is 11.4 Å². The lowest BCUT2D eigenvalue weighted by atomic mass is 10.1. The summed E-state index contributed by atoms with van der Waals surface area (Å²) in [4.78, 5) is 24.2. The Hall–Kier alpha value is -3.35. The monoisotopic (exact) mass is 352 g/mol. The summed E-state index contributed by atoms with van der Waals surface area (Å²) in [6.07, 6.45) is 0. The highest BCUT2D eigenvalue weighted by Crippen LogP contribution is 2.29. The second kappa shape index (κ2) is 7.26. The standard InChI is InChI=1S/C19H20N4O3/c1-12-11-13(2)23(22-12)10-9-20-18(25)19(26)21-16-7-3-6-15-14(16)5-4-8-17(15)24/h3-8,11,24H,9-10H2,1-2H3,(H,20,25)(H,21,26). The quantitative estimate of drug-likeness (QED) is 0.627. The molecule has 0 fully saturated rings. The van der Waals surface area contributed by atoms with Crippen LogP contribution in [-0.2, 0) is 16.1 Å². The number of aromatic hydroxyl groups is 1. The Labute approximate surface area is 150 Å². The average molecular weight is 352 g/mol. The van der Waals surface area contributed by atoms with Crippen LogP contribution in [0.4, 0.5) is 5.69 Å². The summed E-state index contributed by atoms with van der Waals surface area (Å²) in [6, 6.07) is 12.1. The molecule has 0 spiro atoms. The molecule has 7 nitrogen and oxygen atoms in total. The second-order valence-corrected chi connectivity index (χ2v) is 6.04. The van der Waals surface area contributed by atoms with E-state index in [0.29, 0.717) is 29.5 Å². The summed E-state index contributed by atoms with van der Waals surface area (Å²) in [5.74, 6) is -1.36. The molecule has 0 saturated carbocycles. The maximum Gasteiger partial charge on any atom is 0.313 e. The molecule has 0 unspecified atom stereocenters. The SMILES string of the molecule is Cc1cc(C)n(CCNC(=O)C(=O)Nc2cccc3c(O)cccc23)n1. The van der Waals surface area contributed by atoms with Crippen molar-refractivity contribution in [2.75, 3.05) is 11.9 Å². The zero-order chi connectivity index (χ0) is 18.7. The molecule has 3 aromatic rings. The number of carbonyl (C=O) groups is 2. The van der Waals surface area contributed by atoms with Gasteiger partial charge >= 0.3 is 11.8 Å². The molecule has 2 aromatic carbocycles. The normalized spacial score (nSPS) is 10.7. The van der Waals surface area contributed by atoms with Crippen LogP contribution in [0.15, 0.2) is 42.5 Å². The van der Waals surface area contributed by atoms with Gasteiger partial charge in [-0.15, -0.1) is 0 Å². The molecule has 7 heteroatoms. The van der Waals surface area contributed by atoms with Crippen molar-refractivity contribution in [3.8, 4) is 5.75 Å². The van der Waals surface area contributed by atoms with Crippen molar-refractivity contribution in [1.29, 1.82) is 0 Å². The summed E-state index contributed by atoms with van der Waals surface area (Å²) in [5, 5.41) is 20.6. The van der Waals surface area contributed by atoms with Crippen molar-refractivity contribution in [3.05, 3.63) is 53.9 Å². The van der Waals surface area contributed by atoms with Gasteiger partial charge in [-0.05, 0) is 32.0 Å². The van der Waals surface area contributed by atoms with Gasteiger partial charge < -0.3 is 15.7 Å². The van der Waals surface area contributed by atoms with Crippen molar-refractivity contribution in [2.45, 2.75) is 20.4 Å². The second-order valence-electron chi connectivity index (χ2n) is 6.04. The van der Waals surface area contributed by atoms with E-state index < -0.39 is 11.8 Å². The minimum atomic E-state index is -0.755. The number of nitrogens with one attached hydrogen (secondary N) is 2. The van der Waals surface area contributed by atoms with E-state index in [1.54, 1.807) is 41.1 Å². The van der Waals surface area contributed by atoms with E-state index in [9.17, 15) is 14.7 Å². The number of benzene rings is 2. The molecule has 0 radical (unpaired) electrons. The number of phenols is 1. The minimum Gasteiger partial charge on any atom is -0.507 e. The molecule has 26 heavy (non-hydrogen) atoms. The largest absolute Gasteiger partial charge is 0.507 e. The number of phenolic OH excluding ortho intramolecular Hbond substituents is 1. The van der Waals surface area contributed by atoms with Crippen LogP contribution >= 0.6 is 0 Å².